The number of anilines is 1. The SMILES string of the molecule is CCN(CC(=O)Nc1ccccc1OC)CC(C)(C)N. The van der Waals surface area contributed by atoms with Gasteiger partial charge < -0.3 is 15.8 Å². The Balaban J connectivity index is 2.62. The molecule has 5 heteroatoms. The molecular formula is C15H25N3O2. The zero-order valence-corrected chi connectivity index (χ0v) is 12.8. The van der Waals surface area contributed by atoms with Crippen LogP contribution in [0.1, 0.15) is 20.8 Å². The maximum atomic E-state index is 12.1. The van der Waals surface area contributed by atoms with Gasteiger partial charge in [0.15, 0.2) is 0 Å². The summed E-state index contributed by atoms with van der Waals surface area (Å²) in [5.41, 5.74) is 6.36. The van der Waals surface area contributed by atoms with Gasteiger partial charge in [-0.1, -0.05) is 19.1 Å². The van der Waals surface area contributed by atoms with E-state index in [9.17, 15) is 4.79 Å². The molecule has 0 unspecified atom stereocenters. The molecule has 0 aromatic heterocycles. The van der Waals surface area contributed by atoms with E-state index in [2.05, 4.69) is 5.32 Å². The number of para-hydroxylation sites is 2. The van der Waals surface area contributed by atoms with E-state index in [-0.39, 0.29) is 11.4 Å². The van der Waals surface area contributed by atoms with Gasteiger partial charge in [-0.2, -0.15) is 0 Å². The van der Waals surface area contributed by atoms with E-state index in [1.807, 2.05) is 49.9 Å². The van der Waals surface area contributed by atoms with Crippen LogP contribution in [0.4, 0.5) is 5.69 Å². The van der Waals surface area contributed by atoms with Crippen molar-refractivity contribution in [2.24, 2.45) is 5.73 Å². The van der Waals surface area contributed by atoms with Crippen molar-refractivity contribution >= 4 is 11.6 Å². The van der Waals surface area contributed by atoms with E-state index >= 15 is 0 Å². The summed E-state index contributed by atoms with van der Waals surface area (Å²) in [6, 6.07) is 7.36. The Morgan fingerprint density at radius 1 is 1.40 bits per heavy atom. The molecule has 0 heterocycles. The number of nitrogens with zero attached hydrogens (tertiary/aromatic N) is 1. The maximum Gasteiger partial charge on any atom is 0.238 e. The van der Waals surface area contributed by atoms with Crippen LogP contribution in [0.5, 0.6) is 5.75 Å². The lowest BCUT2D eigenvalue weighted by Crippen LogP contribution is -2.47. The fourth-order valence-corrected chi connectivity index (χ4v) is 2.00. The maximum absolute atomic E-state index is 12.1. The van der Waals surface area contributed by atoms with Crippen molar-refractivity contribution in [1.29, 1.82) is 0 Å². The molecular weight excluding hydrogens is 254 g/mol. The first-order chi connectivity index (χ1) is 9.35. The summed E-state index contributed by atoms with van der Waals surface area (Å²) < 4.78 is 5.21. The zero-order chi connectivity index (χ0) is 15.2. The predicted octanol–water partition coefficient (Wildman–Crippen LogP) is 1.69. The van der Waals surface area contributed by atoms with Crippen LogP contribution < -0.4 is 15.8 Å². The van der Waals surface area contributed by atoms with Gasteiger partial charge in [0.1, 0.15) is 5.75 Å². The van der Waals surface area contributed by atoms with Crippen molar-refractivity contribution in [2.75, 3.05) is 32.1 Å². The van der Waals surface area contributed by atoms with E-state index in [1.54, 1.807) is 7.11 Å². The molecule has 0 bridgehead atoms. The fraction of sp³-hybridized carbons (Fsp3) is 0.533. The lowest BCUT2D eigenvalue weighted by molar-refractivity contribution is -0.117. The second-order valence-corrected chi connectivity index (χ2v) is 5.54. The number of ether oxygens (including phenoxy) is 1. The van der Waals surface area contributed by atoms with E-state index < -0.39 is 0 Å². The molecule has 5 nitrogen and oxygen atoms in total. The molecule has 1 aromatic rings. The number of amides is 1. The van der Waals surface area contributed by atoms with Crippen LogP contribution in [-0.2, 0) is 4.79 Å². The van der Waals surface area contributed by atoms with E-state index in [4.69, 9.17) is 10.5 Å². The van der Waals surface area contributed by atoms with Crippen molar-refractivity contribution in [2.45, 2.75) is 26.3 Å². The molecule has 112 valence electrons. The smallest absolute Gasteiger partial charge is 0.238 e. The summed E-state index contributed by atoms with van der Waals surface area (Å²) >= 11 is 0. The standard InChI is InChI=1S/C15H25N3O2/c1-5-18(11-15(2,3)16)10-14(19)17-12-8-6-7-9-13(12)20-4/h6-9H,5,10-11,16H2,1-4H3,(H,17,19). The summed E-state index contributed by atoms with van der Waals surface area (Å²) in [7, 11) is 1.58. The van der Waals surface area contributed by atoms with Gasteiger partial charge in [-0.05, 0) is 32.5 Å². The highest BCUT2D eigenvalue weighted by Crippen LogP contribution is 2.22. The highest BCUT2D eigenvalue weighted by molar-refractivity contribution is 5.93. The third-order valence-electron chi connectivity index (χ3n) is 2.83. The fourth-order valence-electron chi connectivity index (χ4n) is 2.00. The number of nitrogens with one attached hydrogen (secondary N) is 1. The van der Waals surface area contributed by atoms with Crippen molar-refractivity contribution in [3.63, 3.8) is 0 Å². The Bertz CT molecular complexity index is 441. The first kappa shape index (κ1) is 16.5. The molecule has 1 amide bonds. The minimum Gasteiger partial charge on any atom is -0.495 e. The predicted molar refractivity (Wildman–Crippen MR) is 82.0 cm³/mol. The Morgan fingerprint density at radius 3 is 2.60 bits per heavy atom. The molecule has 0 aliphatic carbocycles. The lowest BCUT2D eigenvalue weighted by atomic mass is 10.1. The molecule has 0 saturated heterocycles. The van der Waals surface area contributed by atoms with Crippen LogP contribution in [0, 0.1) is 0 Å². The van der Waals surface area contributed by atoms with Gasteiger partial charge in [-0.15, -0.1) is 0 Å². The summed E-state index contributed by atoms with van der Waals surface area (Å²) in [6.45, 7) is 7.68. The number of rotatable bonds is 7. The molecule has 20 heavy (non-hydrogen) atoms. The molecule has 0 atom stereocenters. The van der Waals surface area contributed by atoms with Gasteiger partial charge in [0, 0.05) is 12.1 Å². The van der Waals surface area contributed by atoms with Gasteiger partial charge in [-0.25, -0.2) is 0 Å². The average Bonchev–Trinajstić information content (AvgIpc) is 2.36. The molecule has 0 saturated carbocycles. The number of nitrogens with two attached hydrogens (primary N) is 1. The molecule has 0 radical (unpaired) electrons. The molecule has 3 N–H and O–H groups in total. The van der Waals surface area contributed by atoms with Gasteiger partial charge in [0.25, 0.3) is 0 Å². The molecule has 0 aliphatic rings. The van der Waals surface area contributed by atoms with Crippen LogP contribution in [-0.4, -0.2) is 43.1 Å². The molecule has 1 aromatic carbocycles. The number of carbonyl (C=O) groups excluding carboxylic acids is 1. The topological polar surface area (TPSA) is 67.6 Å². The Hall–Kier alpha value is -1.59. The van der Waals surface area contributed by atoms with Crippen LogP contribution in [0.15, 0.2) is 24.3 Å². The number of hydrogen-bond donors (Lipinski definition) is 2. The lowest BCUT2D eigenvalue weighted by Gasteiger charge is -2.28. The van der Waals surface area contributed by atoms with Crippen molar-refractivity contribution in [3.8, 4) is 5.75 Å². The molecule has 1 rings (SSSR count). The summed E-state index contributed by atoms with van der Waals surface area (Å²) in [6.07, 6.45) is 0. The zero-order valence-electron chi connectivity index (χ0n) is 12.8. The van der Waals surface area contributed by atoms with Crippen molar-refractivity contribution < 1.29 is 9.53 Å². The monoisotopic (exact) mass is 279 g/mol. The van der Waals surface area contributed by atoms with Gasteiger partial charge in [0.05, 0.1) is 19.3 Å². The Labute approximate surface area is 121 Å². The minimum atomic E-state index is -0.319. The first-order valence-corrected chi connectivity index (χ1v) is 6.80. The third-order valence-corrected chi connectivity index (χ3v) is 2.83. The quantitative estimate of drug-likeness (QED) is 0.797. The van der Waals surface area contributed by atoms with Gasteiger partial charge in [0.2, 0.25) is 5.91 Å². The number of likely N-dealkylation sites (N-methyl/N-ethyl adjacent to an activating group) is 1. The van der Waals surface area contributed by atoms with Gasteiger partial charge in [-0.3, -0.25) is 9.69 Å². The number of benzene rings is 1. The number of hydrogen-bond acceptors (Lipinski definition) is 4. The summed E-state index contributed by atoms with van der Waals surface area (Å²) in [5, 5.41) is 2.87. The second-order valence-electron chi connectivity index (χ2n) is 5.54. The molecule has 0 fully saturated rings. The van der Waals surface area contributed by atoms with Crippen molar-refractivity contribution in [3.05, 3.63) is 24.3 Å². The highest BCUT2D eigenvalue weighted by atomic mass is 16.5. The minimum absolute atomic E-state index is 0.0689. The average molecular weight is 279 g/mol. The van der Waals surface area contributed by atoms with E-state index in [0.717, 1.165) is 6.54 Å². The van der Waals surface area contributed by atoms with Crippen LogP contribution >= 0.6 is 0 Å². The third kappa shape index (κ3) is 5.59. The number of methoxy groups -OCH3 is 1. The summed E-state index contributed by atoms with van der Waals surface area (Å²) in [4.78, 5) is 14.1. The van der Waals surface area contributed by atoms with Crippen molar-refractivity contribution in [1.82, 2.24) is 4.90 Å². The molecule has 0 spiro atoms. The Morgan fingerprint density at radius 2 is 2.05 bits per heavy atom. The van der Waals surface area contributed by atoms with Crippen LogP contribution in [0.25, 0.3) is 0 Å². The second kappa shape index (κ2) is 7.26. The molecule has 0 aliphatic heterocycles. The van der Waals surface area contributed by atoms with Crippen LogP contribution in [0.2, 0.25) is 0 Å². The normalized spacial score (nSPS) is 11.5. The first-order valence-electron chi connectivity index (χ1n) is 6.80. The number of carbonyl (C=O) groups is 1. The van der Waals surface area contributed by atoms with Crippen LogP contribution in [0.3, 0.4) is 0 Å². The summed E-state index contributed by atoms with van der Waals surface area (Å²) in [5.74, 6) is 0.587. The highest BCUT2D eigenvalue weighted by Gasteiger charge is 2.18. The van der Waals surface area contributed by atoms with E-state index in [0.29, 0.717) is 24.5 Å². The van der Waals surface area contributed by atoms with Gasteiger partial charge >= 0.3 is 0 Å². The Kier molecular flexibility index (Phi) is 5.98. The van der Waals surface area contributed by atoms with E-state index in [1.165, 1.54) is 0 Å². The largest absolute Gasteiger partial charge is 0.495 e.